The van der Waals surface area contributed by atoms with Gasteiger partial charge in [0.25, 0.3) is 0 Å². The number of pyridine rings is 1. The van der Waals surface area contributed by atoms with Gasteiger partial charge in [-0.05, 0) is 25.0 Å². The Labute approximate surface area is 136 Å². The molecule has 1 saturated heterocycles. The summed E-state index contributed by atoms with van der Waals surface area (Å²) in [6.45, 7) is 7.01. The van der Waals surface area contributed by atoms with E-state index in [-0.39, 0.29) is 23.1 Å². The summed E-state index contributed by atoms with van der Waals surface area (Å²) in [7, 11) is 0. The van der Waals surface area contributed by atoms with Gasteiger partial charge < -0.3 is 10.2 Å². The first-order valence-electron chi connectivity index (χ1n) is 7.49. The highest BCUT2D eigenvalue weighted by molar-refractivity contribution is 6.30. The number of anilines is 1. The zero-order valence-corrected chi connectivity index (χ0v) is 14.0. The minimum atomic E-state index is -0.373. The number of hydrogen-bond donors (Lipinski definition) is 1. The maximum absolute atomic E-state index is 12.2. The zero-order valence-electron chi connectivity index (χ0n) is 13.2. The van der Waals surface area contributed by atoms with E-state index in [0.717, 1.165) is 0 Å². The predicted octanol–water partition coefficient (Wildman–Crippen LogP) is 2.96. The third-order valence-electron chi connectivity index (χ3n) is 3.77. The molecule has 5 nitrogen and oxygen atoms in total. The Bertz CT molecular complexity index is 544. The van der Waals surface area contributed by atoms with Gasteiger partial charge in [-0.1, -0.05) is 32.4 Å². The second-order valence-electron chi connectivity index (χ2n) is 6.67. The molecule has 0 radical (unpaired) electrons. The molecular formula is C16H22ClN3O2. The molecule has 0 atom stereocenters. The van der Waals surface area contributed by atoms with E-state index < -0.39 is 0 Å². The van der Waals surface area contributed by atoms with Gasteiger partial charge in [-0.25, -0.2) is 4.98 Å². The highest BCUT2D eigenvalue weighted by Gasteiger charge is 2.32. The fraction of sp³-hybridized carbons (Fsp3) is 0.562. The van der Waals surface area contributed by atoms with E-state index >= 15 is 0 Å². The molecule has 22 heavy (non-hydrogen) atoms. The number of nitrogens with one attached hydrogen (secondary N) is 1. The van der Waals surface area contributed by atoms with Crippen LogP contribution in [0.2, 0.25) is 5.02 Å². The summed E-state index contributed by atoms with van der Waals surface area (Å²) in [5, 5.41) is 3.34. The third kappa shape index (κ3) is 4.19. The first-order chi connectivity index (χ1) is 10.3. The third-order valence-corrected chi connectivity index (χ3v) is 4.00. The van der Waals surface area contributed by atoms with E-state index in [4.69, 9.17) is 11.6 Å². The number of carbonyl (C=O) groups excluding carboxylic acids is 2. The molecular weight excluding hydrogens is 302 g/mol. The Kier molecular flexibility index (Phi) is 5.06. The van der Waals surface area contributed by atoms with E-state index in [1.54, 1.807) is 12.1 Å². The van der Waals surface area contributed by atoms with Gasteiger partial charge in [0.15, 0.2) is 0 Å². The van der Waals surface area contributed by atoms with Gasteiger partial charge in [-0.2, -0.15) is 0 Å². The number of piperidine rings is 1. The van der Waals surface area contributed by atoms with Crippen LogP contribution >= 0.6 is 11.6 Å². The molecule has 6 heteroatoms. The zero-order chi connectivity index (χ0) is 16.3. The van der Waals surface area contributed by atoms with Gasteiger partial charge >= 0.3 is 0 Å². The van der Waals surface area contributed by atoms with Crippen LogP contribution < -0.4 is 5.32 Å². The number of aromatic nitrogens is 1. The largest absolute Gasteiger partial charge is 0.342 e. The Morgan fingerprint density at radius 3 is 2.41 bits per heavy atom. The SMILES string of the molecule is CC(C)(C)C(=O)N1CCC(C(=O)Nc2ccc(Cl)cn2)CC1. The Morgan fingerprint density at radius 2 is 1.91 bits per heavy atom. The highest BCUT2D eigenvalue weighted by Crippen LogP contribution is 2.24. The van der Waals surface area contributed by atoms with E-state index in [2.05, 4.69) is 10.3 Å². The Morgan fingerprint density at radius 1 is 1.27 bits per heavy atom. The fourth-order valence-corrected chi connectivity index (χ4v) is 2.61. The molecule has 120 valence electrons. The maximum atomic E-state index is 12.2. The minimum Gasteiger partial charge on any atom is -0.342 e. The van der Waals surface area contributed by atoms with Crippen LogP contribution in [0.5, 0.6) is 0 Å². The molecule has 2 heterocycles. The summed E-state index contributed by atoms with van der Waals surface area (Å²) >= 11 is 5.77. The molecule has 0 aromatic carbocycles. The molecule has 0 spiro atoms. The minimum absolute atomic E-state index is 0.0438. The van der Waals surface area contributed by atoms with Gasteiger partial charge in [-0.15, -0.1) is 0 Å². The average Bonchev–Trinajstić information content (AvgIpc) is 2.48. The number of likely N-dealkylation sites (tertiary alicyclic amines) is 1. The molecule has 0 unspecified atom stereocenters. The lowest BCUT2D eigenvalue weighted by atomic mass is 9.90. The summed E-state index contributed by atoms with van der Waals surface area (Å²) in [5.74, 6) is 0.521. The summed E-state index contributed by atoms with van der Waals surface area (Å²) < 4.78 is 0. The van der Waals surface area contributed by atoms with Crippen molar-refractivity contribution in [2.75, 3.05) is 18.4 Å². The molecule has 0 aliphatic carbocycles. The molecule has 1 N–H and O–H groups in total. The van der Waals surface area contributed by atoms with Gasteiger partial charge in [0.05, 0.1) is 5.02 Å². The van der Waals surface area contributed by atoms with E-state index in [0.29, 0.717) is 36.8 Å². The second kappa shape index (κ2) is 6.65. The number of amides is 2. The molecule has 1 aliphatic heterocycles. The van der Waals surface area contributed by atoms with Crippen molar-refractivity contribution in [3.63, 3.8) is 0 Å². The lowest BCUT2D eigenvalue weighted by molar-refractivity contribution is -0.142. The number of halogens is 1. The first kappa shape index (κ1) is 16.7. The van der Waals surface area contributed by atoms with Crippen molar-refractivity contribution in [2.45, 2.75) is 33.6 Å². The standard InChI is InChI=1S/C16H22ClN3O2/c1-16(2,3)15(22)20-8-6-11(7-9-20)14(21)19-13-5-4-12(17)10-18-13/h4-5,10-11H,6-9H2,1-3H3,(H,18,19,21). The van der Waals surface area contributed by atoms with Crippen LogP contribution in [0.1, 0.15) is 33.6 Å². The van der Waals surface area contributed by atoms with E-state index in [1.807, 2.05) is 25.7 Å². The smallest absolute Gasteiger partial charge is 0.228 e. The van der Waals surface area contributed by atoms with Crippen LogP contribution in [0.25, 0.3) is 0 Å². The van der Waals surface area contributed by atoms with Crippen molar-refractivity contribution in [3.05, 3.63) is 23.4 Å². The van der Waals surface area contributed by atoms with Crippen LogP contribution in [0.15, 0.2) is 18.3 Å². The maximum Gasteiger partial charge on any atom is 0.228 e. The van der Waals surface area contributed by atoms with Gasteiger partial charge in [-0.3, -0.25) is 9.59 Å². The normalized spacial score (nSPS) is 16.5. The van der Waals surface area contributed by atoms with Crippen molar-refractivity contribution in [1.82, 2.24) is 9.88 Å². The molecule has 2 rings (SSSR count). The summed E-state index contributed by atoms with van der Waals surface area (Å²) in [6.07, 6.45) is 2.87. The molecule has 2 amide bonds. The van der Waals surface area contributed by atoms with Crippen LogP contribution in [0, 0.1) is 11.3 Å². The number of carbonyl (C=O) groups is 2. The number of hydrogen-bond acceptors (Lipinski definition) is 3. The summed E-state index contributed by atoms with van der Waals surface area (Å²) in [6, 6.07) is 3.37. The predicted molar refractivity (Wildman–Crippen MR) is 86.6 cm³/mol. The monoisotopic (exact) mass is 323 g/mol. The lowest BCUT2D eigenvalue weighted by Gasteiger charge is -2.35. The molecule has 0 saturated carbocycles. The topological polar surface area (TPSA) is 62.3 Å². The fourth-order valence-electron chi connectivity index (χ4n) is 2.50. The van der Waals surface area contributed by atoms with Gasteiger partial charge in [0, 0.05) is 30.6 Å². The average molecular weight is 324 g/mol. The number of rotatable bonds is 2. The van der Waals surface area contributed by atoms with Crippen molar-refractivity contribution in [2.24, 2.45) is 11.3 Å². The van der Waals surface area contributed by atoms with Gasteiger partial charge in [0.1, 0.15) is 5.82 Å². The van der Waals surface area contributed by atoms with Crippen molar-refractivity contribution in [1.29, 1.82) is 0 Å². The van der Waals surface area contributed by atoms with Crippen LogP contribution in [0.3, 0.4) is 0 Å². The van der Waals surface area contributed by atoms with E-state index in [1.165, 1.54) is 6.20 Å². The summed E-state index contributed by atoms with van der Waals surface area (Å²) in [4.78, 5) is 30.4. The van der Waals surface area contributed by atoms with Crippen LogP contribution in [-0.2, 0) is 9.59 Å². The molecule has 0 bridgehead atoms. The van der Waals surface area contributed by atoms with Crippen LogP contribution in [-0.4, -0.2) is 34.8 Å². The van der Waals surface area contributed by atoms with Crippen LogP contribution in [0.4, 0.5) is 5.82 Å². The number of nitrogens with zero attached hydrogens (tertiary/aromatic N) is 2. The first-order valence-corrected chi connectivity index (χ1v) is 7.87. The molecule has 1 aromatic rings. The summed E-state index contributed by atoms with van der Waals surface area (Å²) in [5.41, 5.74) is -0.373. The van der Waals surface area contributed by atoms with Crippen molar-refractivity contribution >= 4 is 29.2 Å². The quantitative estimate of drug-likeness (QED) is 0.910. The molecule has 1 fully saturated rings. The Balaban J connectivity index is 1.87. The molecule has 1 aromatic heterocycles. The van der Waals surface area contributed by atoms with E-state index in [9.17, 15) is 9.59 Å². The highest BCUT2D eigenvalue weighted by atomic mass is 35.5. The second-order valence-corrected chi connectivity index (χ2v) is 7.10. The molecule has 1 aliphatic rings. The lowest BCUT2D eigenvalue weighted by Crippen LogP contribution is -2.45. The Hall–Kier alpha value is -1.62. The van der Waals surface area contributed by atoms with Crippen molar-refractivity contribution in [3.8, 4) is 0 Å². The van der Waals surface area contributed by atoms with Crippen molar-refractivity contribution < 1.29 is 9.59 Å². The van der Waals surface area contributed by atoms with Gasteiger partial charge in [0.2, 0.25) is 11.8 Å².